The molecule has 0 spiro atoms. The van der Waals surface area contributed by atoms with Crippen molar-refractivity contribution < 1.29 is 13.2 Å². The fraction of sp³-hybridized carbons (Fsp3) is 0.500. The second kappa shape index (κ2) is 8.34. The van der Waals surface area contributed by atoms with Gasteiger partial charge < -0.3 is 4.90 Å². The summed E-state index contributed by atoms with van der Waals surface area (Å²) in [6.45, 7) is 5.22. The molecule has 0 saturated carbocycles. The summed E-state index contributed by atoms with van der Waals surface area (Å²) in [5.41, 5.74) is 1.08. The summed E-state index contributed by atoms with van der Waals surface area (Å²) in [5.74, 6) is 0.655. The van der Waals surface area contributed by atoms with Gasteiger partial charge in [0.2, 0.25) is 5.91 Å². The van der Waals surface area contributed by atoms with Gasteiger partial charge in [0.1, 0.15) is 10.6 Å². The van der Waals surface area contributed by atoms with E-state index in [-0.39, 0.29) is 22.6 Å². The molecule has 8 heteroatoms. The minimum atomic E-state index is -3.49. The molecule has 0 aromatic carbocycles. The second-order valence-electron chi connectivity index (χ2n) is 7.71. The molecular weight excluding hydrogens is 376 g/mol. The van der Waals surface area contributed by atoms with Crippen LogP contribution in [0.4, 0.5) is 0 Å². The van der Waals surface area contributed by atoms with Gasteiger partial charge in [-0.3, -0.25) is 9.78 Å². The summed E-state index contributed by atoms with van der Waals surface area (Å²) in [4.78, 5) is 27.6. The fourth-order valence-corrected chi connectivity index (χ4v) is 4.32. The van der Waals surface area contributed by atoms with Gasteiger partial charge in [0.15, 0.2) is 15.7 Å². The van der Waals surface area contributed by atoms with Gasteiger partial charge >= 0.3 is 0 Å². The Bertz CT molecular complexity index is 945. The number of amides is 1. The van der Waals surface area contributed by atoms with Crippen LogP contribution in [0.2, 0.25) is 0 Å². The van der Waals surface area contributed by atoms with Crippen LogP contribution in [-0.4, -0.2) is 53.5 Å². The van der Waals surface area contributed by atoms with Crippen LogP contribution in [0.15, 0.2) is 35.5 Å². The normalized spacial score (nSPS) is 17.7. The lowest BCUT2D eigenvalue weighted by molar-refractivity contribution is -0.133. The lowest BCUT2D eigenvalue weighted by atomic mass is 9.93. The molecule has 1 atom stereocenters. The SMILES string of the molecule is CC(C)CC(=O)N1CCC[C@H](c2nc(-c3ccccn3)ncc2S(C)(=O)=O)C1. The molecular formula is C20H26N4O3S. The van der Waals surface area contributed by atoms with Crippen molar-refractivity contribution in [3.8, 4) is 11.5 Å². The second-order valence-corrected chi connectivity index (χ2v) is 9.69. The summed E-state index contributed by atoms with van der Waals surface area (Å²) < 4.78 is 24.7. The molecule has 0 radical (unpaired) electrons. The quantitative estimate of drug-likeness (QED) is 0.763. The van der Waals surface area contributed by atoms with E-state index in [2.05, 4.69) is 15.0 Å². The molecule has 1 fully saturated rings. The van der Waals surface area contributed by atoms with E-state index in [1.807, 2.05) is 24.8 Å². The molecule has 150 valence electrons. The smallest absolute Gasteiger partial charge is 0.222 e. The van der Waals surface area contributed by atoms with Crippen molar-refractivity contribution in [1.29, 1.82) is 0 Å². The maximum Gasteiger partial charge on any atom is 0.222 e. The molecule has 3 heterocycles. The number of carbonyl (C=O) groups is 1. The Morgan fingerprint density at radius 3 is 2.71 bits per heavy atom. The van der Waals surface area contributed by atoms with Gasteiger partial charge in [0.05, 0.1) is 5.69 Å². The molecule has 2 aromatic heterocycles. The molecule has 7 nitrogen and oxygen atoms in total. The standard InChI is InChI=1S/C20H26N4O3S/c1-14(2)11-18(25)24-10-6-7-15(13-24)19-17(28(3,26)27)12-22-20(23-19)16-8-4-5-9-21-16/h4-5,8-9,12,14-15H,6-7,10-11,13H2,1-3H3/t15-/m0/s1. The van der Waals surface area contributed by atoms with Crippen LogP contribution in [-0.2, 0) is 14.6 Å². The van der Waals surface area contributed by atoms with Crippen molar-refractivity contribution in [1.82, 2.24) is 19.9 Å². The first-order valence-electron chi connectivity index (χ1n) is 9.52. The van der Waals surface area contributed by atoms with Crippen molar-refractivity contribution in [2.45, 2.75) is 43.9 Å². The zero-order valence-electron chi connectivity index (χ0n) is 16.5. The molecule has 0 N–H and O–H groups in total. The van der Waals surface area contributed by atoms with Crippen LogP contribution in [0.1, 0.15) is 44.7 Å². The van der Waals surface area contributed by atoms with E-state index in [4.69, 9.17) is 0 Å². The molecule has 1 saturated heterocycles. The maximum absolute atomic E-state index is 12.5. The van der Waals surface area contributed by atoms with E-state index in [9.17, 15) is 13.2 Å². The van der Waals surface area contributed by atoms with Crippen LogP contribution in [0.5, 0.6) is 0 Å². The van der Waals surface area contributed by atoms with Crippen LogP contribution in [0.25, 0.3) is 11.5 Å². The highest BCUT2D eigenvalue weighted by Crippen LogP contribution is 2.31. The van der Waals surface area contributed by atoms with E-state index in [0.29, 0.717) is 36.7 Å². The largest absolute Gasteiger partial charge is 0.342 e. The van der Waals surface area contributed by atoms with Crippen molar-refractivity contribution in [2.75, 3.05) is 19.3 Å². The van der Waals surface area contributed by atoms with Gasteiger partial charge in [-0.2, -0.15) is 0 Å². The third-order valence-corrected chi connectivity index (χ3v) is 5.93. The number of pyridine rings is 1. The van der Waals surface area contributed by atoms with Gasteiger partial charge in [0, 0.05) is 44.1 Å². The number of nitrogens with zero attached hydrogens (tertiary/aromatic N) is 4. The van der Waals surface area contributed by atoms with Crippen molar-refractivity contribution in [3.63, 3.8) is 0 Å². The Labute approximate surface area is 166 Å². The number of carbonyl (C=O) groups excluding carboxylic acids is 1. The predicted octanol–water partition coefficient (Wildman–Crippen LogP) is 2.69. The van der Waals surface area contributed by atoms with Crippen molar-refractivity contribution >= 4 is 15.7 Å². The van der Waals surface area contributed by atoms with E-state index in [0.717, 1.165) is 12.8 Å². The minimum Gasteiger partial charge on any atom is -0.342 e. The first-order valence-corrected chi connectivity index (χ1v) is 11.4. The summed E-state index contributed by atoms with van der Waals surface area (Å²) in [6, 6.07) is 5.43. The van der Waals surface area contributed by atoms with E-state index in [1.165, 1.54) is 12.5 Å². The van der Waals surface area contributed by atoms with Crippen LogP contribution in [0, 0.1) is 5.92 Å². The molecule has 1 aliphatic rings. The van der Waals surface area contributed by atoms with Gasteiger partial charge in [-0.05, 0) is 30.9 Å². The fourth-order valence-electron chi connectivity index (χ4n) is 3.49. The molecule has 1 aliphatic heterocycles. The number of aromatic nitrogens is 3. The highest BCUT2D eigenvalue weighted by molar-refractivity contribution is 7.90. The Kier molecular flexibility index (Phi) is 6.07. The summed E-state index contributed by atoms with van der Waals surface area (Å²) in [6.07, 6.45) is 6.29. The Morgan fingerprint density at radius 2 is 2.07 bits per heavy atom. The van der Waals surface area contributed by atoms with Gasteiger partial charge in [0.25, 0.3) is 0 Å². The van der Waals surface area contributed by atoms with Crippen LogP contribution >= 0.6 is 0 Å². The molecule has 0 aliphatic carbocycles. The van der Waals surface area contributed by atoms with Crippen molar-refractivity contribution in [3.05, 3.63) is 36.3 Å². The molecule has 0 unspecified atom stereocenters. The number of sulfone groups is 1. The average Bonchev–Trinajstić information content (AvgIpc) is 2.67. The van der Waals surface area contributed by atoms with Crippen LogP contribution < -0.4 is 0 Å². The minimum absolute atomic E-state index is 0.111. The summed E-state index contributed by atoms with van der Waals surface area (Å²) in [5, 5.41) is 0. The van der Waals surface area contributed by atoms with Gasteiger partial charge in [-0.15, -0.1) is 0 Å². The molecule has 3 rings (SSSR count). The maximum atomic E-state index is 12.5. The zero-order chi connectivity index (χ0) is 20.3. The first-order chi connectivity index (χ1) is 13.3. The Balaban J connectivity index is 1.97. The number of likely N-dealkylation sites (tertiary alicyclic amines) is 1. The van der Waals surface area contributed by atoms with E-state index < -0.39 is 9.84 Å². The summed E-state index contributed by atoms with van der Waals surface area (Å²) in [7, 11) is -3.49. The number of hydrogen-bond acceptors (Lipinski definition) is 6. The Hall–Kier alpha value is -2.35. The van der Waals surface area contributed by atoms with Gasteiger partial charge in [-0.1, -0.05) is 19.9 Å². The predicted molar refractivity (Wildman–Crippen MR) is 106 cm³/mol. The number of rotatable bonds is 5. The average molecular weight is 403 g/mol. The topological polar surface area (TPSA) is 93.1 Å². The number of piperidine rings is 1. The molecule has 0 bridgehead atoms. The lowest BCUT2D eigenvalue weighted by Crippen LogP contribution is -2.40. The lowest BCUT2D eigenvalue weighted by Gasteiger charge is -2.33. The number of hydrogen-bond donors (Lipinski definition) is 0. The third kappa shape index (κ3) is 4.73. The van der Waals surface area contributed by atoms with E-state index >= 15 is 0 Å². The Morgan fingerprint density at radius 1 is 1.29 bits per heavy atom. The molecule has 1 amide bonds. The first kappa shape index (κ1) is 20.4. The highest BCUT2D eigenvalue weighted by Gasteiger charge is 2.30. The van der Waals surface area contributed by atoms with E-state index in [1.54, 1.807) is 18.3 Å². The molecule has 2 aromatic rings. The van der Waals surface area contributed by atoms with Crippen molar-refractivity contribution in [2.24, 2.45) is 5.92 Å². The monoisotopic (exact) mass is 402 g/mol. The zero-order valence-corrected chi connectivity index (χ0v) is 17.3. The summed E-state index contributed by atoms with van der Waals surface area (Å²) >= 11 is 0. The third-order valence-electron chi connectivity index (χ3n) is 4.82. The van der Waals surface area contributed by atoms with Gasteiger partial charge in [-0.25, -0.2) is 18.4 Å². The highest BCUT2D eigenvalue weighted by atomic mass is 32.2. The van der Waals surface area contributed by atoms with Crippen LogP contribution in [0.3, 0.4) is 0 Å². The molecule has 28 heavy (non-hydrogen) atoms.